The first-order chi connectivity index (χ1) is 15.0. The van der Waals surface area contributed by atoms with Crippen LogP contribution < -0.4 is 27.6 Å². The van der Waals surface area contributed by atoms with Crippen LogP contribution in [0.4, 0.5) is 11.4 Å². The highest BCUT2D eigenvalue weighted by atomic mass is 15.3. The van der Waals surface area contributed by atoms with Crippen LogP contribution in [0.3, 0.4) is 0 Å². The summed E-state index contributed by atoms with van der Waals surface area (Å²) < 4.78 is 0. The van der Waals surface area contributed by atoms with Crippen molar-refractivity contribution in [3.05, 3.63) is 47.3 Å². The number of nitrogens with one attached hydrogen (secondary N) is 2. The number of nitrogens with zero attached hydrogens (tertiary/aromatic N) is 4. The van der Waals surface area contributed by atoms with Crippen molar-refractivity contribution >= 4 is 17.2 Å². The minimum atomic E-state index is 0. The molecule has 1 aromatic heterocycles. The van der Waals surface area contributed by atoms with Crippen molar-refractivity contribution in [3.63, 3.8) is 0 Å². The van der Waals surface area contributed by atoms with Gasteiger partial charge >= 0.3 is 0 Å². The molecule has 0 spiro atoms. The number of nitrogens with two attached hydrogens (primary N) is 3. The van der Waals surface area contributed by atoms with Gasteiger partial charge in [-0.2, -0.15) is 10.2 Å². The quantitative estimate of drug-likeness (QED) is 0.185. The van der Waals surface area contributed by atoms with Gasteiger partial charge in [0.15, 0.2) is 0 Å². The summed E-state index contributed by atoms with van der Waals surface area (Å²) in [6.07, 6.45) is 2.71. The molecule has 174 valence electrons. The summed E-state index contributed by atoms with van der Waals surface area (Å²) >= 11 is 0. The summed E-state index contributed by atoms with van der Waals surface area (Å²) in [5.41, 5.74) is 11.3. The van der Waals surface area contributed by atoms with Gasteiger partial charge in [0.25, 0.3) is 0 Å². The lowest BCUT2D eigenvalue weighted by molar-refractivity contribution is 0.246. The fourth-order valence-electron chi connectivity index (χ4n) is 3.87. The number of hydrogen-bond donors (Lipinski definition) is 5. The van der Waals surface area contributed by atoms with Gasteiger partial charge in [-0.25, -0.2) is 0 Å². The van der Waals surface area contributed by atoms with E-state index < -0.39 is 0 Å². The molecule has 0 atom stereocenters. The summed E-state index contributed by atoms with van der Waals surface area (Å²) in [5.74, 6) is 8.68. The van der Waals surface area contributed by atoms with Crippen LogP contribution in [0, 0.1) is 11.3 Å². The van der Waals surface area contributed by atoms with Crippen molar-refractivity contribution in [3.8, 4) is 0 Å². The summed E-state index contributed by atoms with van der Waals surface area (Å²) in [6.45, 7) is 11.9. The van der Waals surface area contributed by atoms with Crippen molar-refractivity contribution < 1.29 is 2.85 Å². The third-order valence-corrected chi connectivity index (χ3v) is 5.23. The largest absolute Gasteiger partial charge is 0.385 e. The van der Waals surface area contributed by atoms with Gasteiger partial charge in [-0.1, -0.05) is 13.8 Å². The minimum Gasteiger partial charge on any atom is -0.385 e. The first-order valence-electron chi connectivity index (χ1n) is 10.8. The molecule has 1 aliphatic rings. The second kappa shape index (κ2) is 12.2. The molecule has 31 heavy (non-hydrogen) atoms. The molecular formula is C22H41N9. The third-order valence-electron chi connectivity index (χ3n) is 5.23. The summed E-state index contributed by atoms with van der Waals surface area (Å²) in [5, 5.41) is 19.7. The second-order valence-corrected chi connectivity index (χ2v) is 8.05. The number of anilines is 2. The standard InChI is InChI=1S/C22H33N7.H4N2.2H2/c1-4-25-20-14-19(22(23)24)21(13-17(20)12-16(2)3)29-10-8-28(9-11-29)15-18-6-5-7-26-27-18;1-2;;/h5-7,13-14,16,25H,4,8-12,15H2,1-3H3,(H3,23,24);1-2H2;2*1H. The predicted molar refractivity (Wildman–Crippen MR) is 132 cm³/mol. The number of piperazine rings is 1. The Morgan fingerprint density at radius 1 is 1.23 bits per heavy atom. The molecule has 2 heterocycles. The molecule has 8 N–H and O–H groups in total. The Balaban J connectivity index is 0.00000249. The Kier molecular flexibility index (Phi) is 9.64. The number of benzene rings is 1. The molecule has 3 rings (SSSR count). The summed E-state index contributed by atoms with van der Waals surface area (Å²) in [7, 11) is 0. The highest BCUT2D eigenvalue weighted by Gasteiger charge is 2.22. The van der Waals surface area contributed by atoms with Crippen LogP contribution in [-0.2, 0) is 13.0 Å². The van der Waals surface area contributed by atoms with Crippen LogP contribution in [0.5, 0.6) is 0 Å². The van der Waals surface area contributed by atoms with Crippen molar-refractivity contribution in [2.75, 3.05) is 42.9 Å². The van der Waals surface area contributed by atoms with Crippen LogP contribution in [0.25, 0.3) is 0 Å². The van der Waals surface area contributed by atoms with E-state index in [0.717, 1.165) is 68.3 Å². The molecule has 1 saturated heterocycles. The second-order valence-electron chi connectivity index (χ2n) is 8.05. The van der Waals surface area contributed by atoms with Crippen molar-refractivity contribution in [1.82, 2.24) is 15.1 Å². The molecule has 9 nitrogen and oxygen atoms in total. The normalized spacial score (nSPS) is 14.2. The highest BCUT2D eigenvalue weighted by molar-refractivity contribution is 6.02. The average Bonchev–Trinajstić information content (AvgIpc) is 2.77. The Bertz CT molecular complexity index is 826. The van der Waals surface area contributed by atoms with Crippen molar-refractivity contribution in [1.29, 1.82) is 5.41 Å². The Morgan fingerprint density at radius 2 is 1.94 bits per heavy atom. The first-order valence-corrected chi connectivity index (χ1v) is 10.8. The Morgan fingerprint density at radius 3 is 2.48 bits per heavy atom. The molecule has 1 aromatic carbocycles. The molecule has 1 aliphatic heterocycles. The van der Waals surface area contributed by atoms with E-state index in [2.05, 4.69) is 69.9 Å². The van der Waals surface area contributed by atoms with E-state index in [-0.39, 0.29) is 8.69 Å². The zero-order valence-electron chi connectivity index (χ0n) is 18.9. The maximum absolute atomic E-state index is 8.12. The number of hydrogen-bond acceptors (Lipinski definition) is 8. The lowest BCUT2D eigenvalue weighted by Crippen LogP contribution is -2.46. The van der Waals surface area contributed by atoms with Gasteiger partial charge in [-0.05, 0) is 49.1 Å². The first kappa shape index (κ1) is 24.5. The van der Waals surface area contributed by atoms with E-state index in [0.29, 0.717) is 5.92 Å². The fourth-order valence-corrected chi connectivity index (χ4v) is 3.87. The molecule has 0 bridgehead atoms. The lowest BCUT2D eigenvalue weighted by Gasteiger charge is -2.37. The van der Waals surface area contributed by atoms with E-state index >= 15 is 0 Å². The summed E-state index contributed by atoms with van der Waals surface area (Å²) in [4.78, 5) is 4.76. The third kappa shape index (κ3) is 6.88. The zero-order valence-corrected chi connectivity index (χ0v) is 18.9. The molecule has 0 radical (unpaired) electrons. The fraction of sp³-hybridized carbons (Fsp3) is 0.500. The van der Waals surface area contributed by atoms with E-state index in [9.17, 15) is 0 Å². The van der Waals surface area contributed by atoms with Crippen molar-refractivity contribution in [2.24, 2.45) is 23.3 Å². The molecule has 0 aliphatic carbocycles. The Labute approximate surface area is 188 Å². The predicted octanol–water partition coefficient (Wildman–Crippen LogP) is 2.02. The number of nitrogen functional groups attached to an aromatic ring is 1. The molecule has 0 saturated carbocycles. The van der Waals surface area contributed by atoms with Crippen LogP contribution in [0.2, 0.25) is 0 Å². The topological polar surface area (TPSA) is 146 Å². The number of rotatable bonds is 8. The van der Waals surface area contributed by atoms with E-state index in [4.69, 9.17) is 11.1 Å². The lowest BCUT2D eigenvalue weighted by atomic mass is 9.97. The van der Waals surface area contributed by atoms with E-state index in [1.54, 1.807) is 6.20 Å². The molecule has 0 unspecified atom stereocenters. The monoisotopic (exact) mass is 431 g/mol. The van der Waals surface area contributed by atoms with Gasteiger partial charge < -0.3 is 16.0 Å². The zero-order chi connectivity index (χ0) is 22.8. The number of amidine groups is 1. The van der Waals surface area contributed by atoms with Crippen LogP contribution in [0.15, 0.2) is 30.5 Å². The maximum Gasteiger partial charge on any atom is 0.124 e. The van der Waals surface area contributed by atoms with Gasteiger partial charge in [0.1, 0.15) is 5.84 Å². The Hall–Kier alpha value is -2.75. The van der Waals surface area contributed by atoms with Crippen LogP contribution >= 0.6 is 0 Å². The van der Waals surface area contributed by atoms with Gasteiger partial charge in [0.2, 0.25) is 0 Å². The molecule has 9 heteroatoms. The van der Waals surface area contributed by atoms with Crippen LogP contribution in [0.1, 0.15) is 40.4 Å². The van der Waals surface area contributed by atoms with Gasteiger partial charge in [-0.15, -0.1) is 0 Å². The van der Waals surface area contributed by atoms with E-state index in [1.807, 2.05) is 12.1 Å². The summed E-state index contributed by atoms with van der Waals surface area (Å²) in [6, 6.07) is 8.25. The molecule has 2 aromatic rings. The van der Waals surface area contributed by atoms with Crippen LogP contribution in [-0.4, -0.2) is 53.7 Å². The average molecular weight is 432 g/mol. The van der Waals surface area contributed by atoms with Crippen molar-refractivity contribution in [2.45, 2.75) is 33.7 Å². The smallest absolute Gasteiger partial charge is 0.124 e. The molecule has 0 amide bonds. The maximum atomic E-state index is 8.12. The van der Waals surface area contributed by atoms with Gasteiger partial charge in [0.05, 0.1) is 5.69 Å². The highest BCUT2D eigenvalue weighted by Crippen LogP contribution is 2.31. The number of aromatic nitrogens is 2. The SMILES string of the molecule is CCNc1cc(C(=N)N)c(N2CCN(Cc3cccnn3)CC2)cc1CC(C)C.NN.[HH].[HH]. The molecule has 1 fully saturated rings. The van der Waals surface area contributed by atoms with Gasteiger partial charge in [-0.3, -0.25) is 22.0 Å². The molecular weight excluding hydrogens is 390 g/mol. The minimum absolute atomic E-state index is 0. The van der Waals surface area contributed by atoms with Gasteiger partial charge in [0, 0.05) is 65.3 Å². The number of hydrazine groups is 1. The van der Waals surface area contributed by atoms with E-state index in [1.165, 1.54) is 5.56 Å².